The Morgan fingerprint density at radius 3 is 1.95 bits per heavy atom. The standard InChI is InChI=1S/C21H38N12O5S/c22-12(3-1-5-28-20(23)24)16(34)33-15(9-39)18(36)32-14(7-11-8-27-10-30-11)17(35)31-13(19(37)38)4-2-6-29-21(25)26/h8,10,12-15,39H,1-7,9,22H2,(H,27,30)(H,31,35)(H,32,36)(H,33,34)(H,37,38)(H4,23,24,28)(H4,25,26,29). The minimum atomic E-state index is -1.27. The number of carboxylic acids is 1. The molecule has 4 atom stereocenters. The molecule has 17 nitrogen and oxygen atoms in total. The van der Waals surface area contributed by atoms with Crippen molar-refractivity contribution in [1.82, 2.24) is 25.9 Å². The Balaban J connectivity index is 2.86. The van der Waals surface area contributed by atoms with Crippen LogP contribution in [0.25, 0.3) is 0 Å². The van der Waals surface area contributed by atoms with Crippen LogP contribution in [0, 0.1) is 0 Å². The minimum absolute atomic E-state index is 0.0323. The number of nitrogens with two attached hydrogens (primary N) is 5. The van der Waals surface area contributed by atoms with E-state index in [2.05, 4.69) is 48.5 Å². The molecule has 1 heterocycles. The van der Waals surface area contributed by atoms with E-state index in [1.54, 1.807) is 0 Å². The quantitative estimate of drug-likeness (QED) is 0.0348. The van der Waals surface area contributed by atoms with E-state index in [1.165, 1.54) is 12.5 Å². The fourth-order valence-electron chi connectivity index (χ4n) is 3.25. The lowest BCUT2D eigenvalue weighted by Gasteiger charge is -2.24. The summed E-state index contributed by atoms with van der Waals surface area (Å²) in [5, 5.41) is 17.0. The van der Waals surface area contributed by atoms with Gasteiger partial charge in [0.1, 0.15) is 18.1 Å². The summed E-state index contributed by atoms with van der Waals surface area (Å²) in [6.45, 7) is 0.464. The van der Waals surface area contributed by atoms with Crippen LogP contribution in [0.1, 0.15) is 31.4 Å². The van der Waals surface area contributed by atoms with Gasteiger partial charge in [0.15, 0.2) is 11.9 Å². The Morgan fingerprint density at radius 2 is 1.44 bits per heavy atom. The van der Waals surface area contributed by atoms with Crippen molar-refractivity contribution in [3.8, 4) is 0 Å². The van der Waals surface area contributed by atoms with E-state index in [0.29, 0.717) is 12.1 Å². The van der Waals surface area contributed by atoms with Gasteiger partial charge in [-0.15, -0.1) is 0 Å². The smallest absolute Gasteiger partial charge is 0.326 e. The second kappa shape index (κ2) is 17.4. The van der Waals surface area contributed by atoms with Crippen LogP contribution < -0.4 is 44.6 Å². The molecule has 18 heteroatoms. The van der Waals surface area contributed by atoms with Gasteiger partial charge in [0.25, 0.3) is 0 Å². The highest BCUT2D eigenvalue weighted by Gasteiger charge is 2.30. The first-order valence-corrected chi connectivity index (χ1v) is 12.7. The molecule has 39 heavy (non-hydrogen) atoms. The molecule has 0 saturated carbocycles. The molecule has 3 amide bonds. The largest absolute Gasteiger partial charge is 0.480 e. The number of guanidine groups is 2. The first-order valence-electron chi connectivity index (χ1n) is 12.0. The van der Waals surface area contributed by atoms with Crippen LogP contribution in [-0.4, -0.2) is 93.7 Å². The normalized spacial score (nSPS) is 13.7. The van der Waals surface area contributed by atoms with Crippen LogP contribution in [0.5, 0.6) is 0 Å². The third-order valence-corrected chi connectivity index (χ3v) is 5.66. The van der Waals surface area contributed by atoms with Crippen molar-refractivity contribution in [3.63, 3.8) is 0 Å². The lowest BCUT2D eigenvalue weighted by atomic mass is 10.1. The molecule has 0 fully saturated rings. The third-order valence-electron chi connectivity index (χ3n) is 5.29. The number of aliphatic carboxylic acids is 1. The van der Waals surface area contributed by atoms with Gasteiger partial charge in [-0.1, -0.05) is 0 Å². The topological polar surface area (TPSA) is 308 Å². The Labute approximate surface area is 230 Å². The van der Waals surface area contributed by atoms with Crippen molar-refractivity contribution in [2.45, 2.75) is 56.3 Å². The summed E-state index contributed by atoms with van der Waals surface area (Å²) in [6.07, 6.45) is 3.83. The predicted octanol–water partition coefficient (Wildman–Crippen LogP) is -4.14. The highest BCUT2D eigenvalue weighted by molar-refractivity contribution is 7.80. The Hall–Kier alpha value is -4.06. The van der Waals surface area contributed by atoms with Crippen molar-refractivity contribution in [2.24, 2.45) is 38.7 Å². The number of H-pyrrole nitrogens is 1. The van der Waals surface area contributed by atoms with E-state index in [0.717, 1.165) is 0 Å². The van der Waals surface area contributed by atoms with Gasteiger partial charge < -0.3 is 54.7 Å². The number of thiol groups is 1. The van der Waals surface area contributed by atoms with Crippen molar-refractivity contribution >= 4 is 48.2 Å². The van der Waals surface area contributed by atoms with Crippen molar-refractivity contribution < 1.29 is 24.3 Å². The lowest BCUT2D eigenvalue weighted by molar-refractivity contribution is -0.142. The van der Waals surface area contributed by atoms with Gasteiger partial charge in [-0.2, -0.15) is 12.6 Å². The fraction of sp³-hybridized carbons (Fsp3) is 0.571. The van der Waals surface area contributed by atoms with E-state index in [9.17, 15) is 24.3 Å². The molecule has 0 bridgehead atoms. The molecule has 0 saturated heterocycles. The number of carbonyl (C=O) groups excluding carboxylic acids is 3. The average Bonchev–Trinajstić information content (AvgIpc) is 3.38. The molecule has 15 N–H and O–H groups in total. The van der Waals surface area contributed by atoms with Gasteiger partial charge in [0, 0.05) is 37.2 Å². The zero-order valence-corrected chi connectivity index (χ0v) is 22.3. The highest BCUT2D eigenvalue weighted by Crippen LogP contribution is 2.05. The van der Waals surface area contributed by atoms with Gasteiger partial charge in [-0.25, -0.2) is 9.78 Å². The molecule has 218 valence electrons. The van der Waals surface area contributed by atoms with E-state index in [1.807, 2.05) is 0 Å². The molecule has 1 aromatic rings. The maximum Gasteiger partial charge on any atom is 0.326 e. The minimum Gasteiger partial charge on any atom is -0.480 e. The molecule has 0 aromatic carbocycles. The fourth-order valence-corrected chi connectivity index (χ4v) is 3.51. The number of aliphatic imine (C=N–C) groups is 2. The van der Waals surface area contributed by atoms with E-state index >= 15 is 0 Å². The molecular weight excluding hydrogens is 532 g/mol. The van der Waals surface area contributed by atoms with Crippen LogP contribution in [0.3, 0.4) is 0 Å². The first-order chi connectivity index (χ1) is 18.4. The van der Waals surface area contributed by atoms with Gasteiger partial charge >= 0.3 is 5.97 Å². The molecule has 0 radical (unpaired) electrons. The number of carboxylic acid groups (broad SMARTS) is 1. The van der Waals surface area contributed by atoms with Gasteiger partial charge in [0.05, 0.1) is 12.4 Å². The van der Waals surface area contributed by atoms with Gasteiger partial charge in [0.2, 0.25) is 17.7 Å². The second-order valence-electron chi connectivity index (χ2n) is 8.49. The number of rotatable bonds is 18. The van der Waals surface area contributed by atoms with Crippen LogP contribution in [0.4, 0.5) is 0 Å². The zero-order chi connectivity index (χ0) is 29.4. The Bertz CT molecular complexity index is 995. The number of aromatic nitrogens is 2. The molecule has 4 unspecified atom stereocenters. The average molecular weight is 571 g/mol. The van der Waals surface area contributed by atoms with E-state index in [4.69, 9.17) is 28.7 Å². The van der Waals surface area contributed by atoms with Crippen LogP contribution in [0.15, 0.2) is 22.5 Å². The molecule has 0 aliphatic heterocycles. The zero-order valence-electron chi connectivity index (χ0n) is 21.4. The SMILES string of the molecule is NC(N)=NCCCC(N)C(=O)NC(CS)C(=O)NC(Cc1cnc[nH]1)C(=O)NC(CCCN=C(N)N)C(=O)O. The predicted molar refractivity (Wildman–Crippen MR) is 147 cm³/mol. The third kappa shape index (κ3) is 13.3. The second-order valence-corrected chi connectivity index (χ2v) is 8.85. The molecule has 0 spiro atoms. The maximum atomic E-state index is 13.1. The number of nitrogens with one attached hydrogen (secondary N) is 4. The summed E-state index contributed by atoms with van der Waals surface area (Å²) >= 11 is 4.13. The number of amides is 3. The Morgan fingerprint density at radius 1 is 0.897 bits per heavy atom. The van der Waals surface area contributed by atoms with Crippen LogP contribution in [0.2, 0.25) is 0 Å². The molecule has 1 rings (SSSR count). The maximum absolute atomic E-state index is 13.1. The molecule has 0 aliphatic rings. The molecule has 0 aliphatic carbocycles. The lowest BCUT2D eigenvalue weighted by Crippen LogP contribution is -2.58. The van der Waals surface area contributed by atoms with Gasteiger partial charge in [-0.05, 0) is 25.7 Å². The number of aromatic amines is 1. The van der Waals surface area contributed by atoms with Crippen LogP contribution in [-0.2, 0) is 25.6 Å². The number of carbonyl (C=O) groups is 4. The summed E-state index contributed by atoms with van der Waals surface area (Å²) in [4.78, 5) is 64.5. The number of hydrogen-bond donors (Lipinski definition) is 11. The summed E-state index contributed by atoms with van der Waals surface area (Å²) in [7, 11) is 0. The summed E-state index contributed by atoms with van der Waals surface area (Å²) in [5.74, 6) is -3.65. The van der Waals surface area contributed by atoms with E-state index < -0.39 is 47.9 Å². The first kappa shape index (κ1) is 33.0. The van der Waals surface area contributed by atoms with Gasteiger partial charge in [-0.3, -0.25) is 24.4 Å². The summed E-state index contributed by atoms with van der Waals surface area (Å²) < 4.78 is 0. The van der Waals surface area contributed by atoms with Crippen molar-refractivity contribution in [1.29, 1.82) is 0 Å². The highest BCUT2D eigenvalue weighted by atomic mass is 32.1. The Kier molecular flexibility index (Phi) is 14.8. The van der Waals surface area contributed by atoms with E-state index in [-0.39, 0.29) is 56.4 Å². The number of nitrogens with zero attached hydrogens (tertiary/aromatic N) is 3. The molecular formula is C21H38N12O5S. The monoisotopic (exact) mass is 570 g/mol. The number of hydrogen-bond acceptors (Lipinski definition) is 9. The van der Waals surface area contributed by atoms with Crippen molar-refractivity contribution in [3.05, 3.63) is 18.2 Å². The summed E-state index contributed by atoms with van der Waals surface area (Å²) in [6, 6.07) is -4.53. The molecule has 1 aromatic heterocycles. The summed E-state index contributed by atoms with van der Waals surface area (Å²) in [5.41, 5.74) is 27.4. The van der Waals surface area contributed by atoms with Crippen LogP contribution >= 0.6 is 12.6 Å². The number of imidazole rings is 1. The van der Waals surface area contributed by atoms with Crippen molar-refractivity contribution in [2.75, 3.05) is 18.8 Å².